The van der Waals surface area contributed by atoms with Crippen molar-refractivity contribution in [1.82, 2.24) is 0 Å². The highest BCUT2D eigenvalue weighted by Gasteiger charge is 2.25. The van der Waals surface area contributed by atoms with E-state index in [1.54, 1.807) is 24.3 Å². The summed E-state index contributed by atoms with van der Waals surface area (Å²) < 4.78 is 58.8. The van der Waals surface area contributed by atoms with E-state index in [1.165, 1.54) is 31.4 Å². The summed E-state index contributed by atoms with van der Waals surface area (Å²) in [6.45, 7) is 0. The number of anilines is 2. The Hall–Kier alpha value is -3.37. The number of nitrogens with one attached hydrogen (secondary N) is 1. The van der Waals surface area contributed by atoms with Crippen molar-refractivity contribution in [2.75, 3.05) is 18.2 Å². The molecular formula is C23H18F2N2O4S2. The third-order valence-corrected chi connectivity index (χ3v) is 7.67. The van der Waals surface area contributed by atoms with E-state index in [1.807, 2.05) is 0 Å². The Morgan fingerprint density at radius 1 is 1.09 bits per heavy atom. The number of halogens is 2. The van der Waals surface area contributed by atoms with Crippen molar-refractivity contribution in [1.29, 1.82) is 0 Å². The second kappa shape index (κ2) is 8.87. The molecule has 0 saturated carbocycles. The van der Waals surface area contributed by atoms with Crippen LogP contribution in [0.25, 0.3) is 6.08 Å². The lowest BCUT2D eigenvalue weighted by Crippen LogP contribution is -2.18. The number of methoxy groups -OCH3 is 1. The lowest BCUT2D eigenvalue weighted by molar-refractivity contribution is -0.112. The van der Waals surface area contributed by atoms with E-state index < -0.39 is 32.8 Å². The number of ether oxygens (including phenoxy) is 1. The third-order valence-electron chi connectivity index (χ3n) is 4.95. The molecule has 6 nitrogen and oxygen atoms in total. The summed E-state index contributed by atoms with van der Waals surface area (Å²) in [7, 11) is -2.55. The normalized spacial score (nSPS) is 14.6. The SMILES string of the molecule is COc1ccc(C=C2Sc3cc(S(=O)(=O)Cc4c(F)cccc4F)ccc3NC2=O)cc1N. The fourth-order valence-corrected chi connectivity index (χ4v) is 5.73. The van der Waals surface area contributed by atoms with Crippen LogP contribution in [0.3, 0.4) is 0 Å². The standard InChI is InChI=1S/C23H18F2N2O4S2/c1-31-20-8-5-13(9-18(20)26)10-22-23(28)27-19-7-6-14(11-21(19)32-22)33(29,30)12-15-16(24)3-2-4-17(15)25/h2-11H,12,26H2,1H3,(H,27,28). The first kappa shape index (κ1) is 22.8. The molecule has 3 aromatic rings. The number of benzene rings is 3. The first-order valence-electron chi connectivity index (χ1n) is 9.62. The second-order valence-corrected chi connectivity index (χ2v) is 10.3. The molecule has 1 aliphatic rings. The van der Waals surface area contributed by atoms with E-state index in [4.69, 9.17) is 10.5 Å². The largest absolute Gasteiger partial charge is 0.495 e. The molecule has 0 fully saturated rings. The summed E-state index contributed by atoms with van der Waals surface area (Å²) >= 11 is 1.08. The van der Waals surface area contributed by atoms with Crippen LogP contribution in [-0.4, -0.2) is 21.4 Å². The highest BCUT2D eigenvalue weighted by atomic mass is 32.2. The predicted molar refractivity (Wildman–Crippen MR) is 124 cm³/mol. The topological polar surface area (TPSA) is 98.5 Å². The van der Waals surface area contributed by atoms with Crippen molar-refractivity contribution in [3.8, 4) is 5.75 Å². The molecule has 0 aromatic heterocycles. The van der Waals surface area contributed by atoms with Crippen LogP contribution in [0.15, 0.2) is 69.3 Å². The summed E-state index contributed by atoms with van der Waals surface area (Å²) in [6.07, 6.45) is 1.62. The fraction of sp³-hybridized carbons (Fsp3) is 0.0870. The van der Waals surface area contributed by atoms with E-state index in [0.29, 0.717) is 32.5 Å². The van der Waals surface area contributed by atoms with E-state index in [0.717, 1.165) is 23.9 Å². The monoisotopic (exact) mass is 488 g/mol. The molecule has 0 radical (unpaired) electrons. The average Bonchev–Trinajstić information content (AvgIpc) is 2.77. The van der Waals surface area contributed by atoms with E-state index in [-0.39, 0.29) is 10.8 Å². The molecule has 1 heterocycles. The second-order valence-electron chi connectivity index (χ2n) is 7.18. The first-order valence-corrected chi connectivity index (χ1v) is 12.1. The molecule has 33 heavy (non-hydrogen) atoms. The van der Waals surface area contributed by atoms with Gasteiger partial charge in [0.1, 0.15) is 17.4 Å². The summed E-state index contributed by atoms with van der Waals surface area (Å²) in [6, 6.07) is 12.4. The average molecular weight is 489 g/mol. The minimum absolute atomic E-state index is 0.111. The van der Waals surface area contributed by atoms with Gasteiger partial charge >= 0.3 is 0 Å². The molecule has 0 spiro atoms. The first-order chi connectivity index (χ1) is 15.7. The van der Waals surface area contributed by atoms with E-state index >= 15 is 0 Å². The van der Waals surface area contributed by atoms with Gasteiger partial charge in [-0.25, -0.2) is 17.2 Å². The number of nitrogen functional groups attached to an aromatic ring is 1. The lowest BCUT2D eigenvalue weighted by Gasteiger charge is -2.19. The zero-order valence-corrected chi connectivity index (χ0v) is 18.9. The van der Waals surface area contributed by atoms with Gasteiger partial charge in [0, 0.05) is 10.5 Å². The number of sulfone groups is 1. The molecule has 170 valence electrons. The van der Waals surface area contributed by atoms with Gasteiger partial charge in [0.2, 0.25) is 0 Å². The zero-order chi connectivity index (χ0) is 23.8. The molecule has 0 unspecified atom stereocenters. The van der Waals surface area contributed by atoms with Crippen LogP contribution in [0.5, 0.6) is 5.75 Å². The minimum atomic E-state index is -4.05. The van der Waals surface area contributed by atoms with Crippen molar-refractivity contribution in [3.63, 3.8) is 0 Å². The summed E-state index contributed by atoms with van der Waals surface area (Å²) in [5.41, 5.74) is 6.90. The maximum absolute atomic E-state index is 14.0. The van der Waals surface area contributed by atoms with E-state index in [2.05, 4.69) is 5.32 Å². The maximum Gasteiger partial charge on any atom is 0.262 e. The Bertz CT molecular complexity index is 1390. The molecule has 0 atom stereocenters. The Balaban J connectivity index is 1.65. The summed E-state index contributed by atoms with van der Waals surface area (Å²) in [5.74, 6) is -2.53. The number of rotatable bonds is 5. The Kier molecular flexibility index (Phi) is 6.13. The number of carbonyl (C=O) groups excluding carboxylic acids is 1. The zero-order valence-electron chi connectivity index (χ0n) is 17.3. The third kappa shape index (κ3) is 4.71. The highest BCUT2D eigenvalue weighted by molar-refractivity contribution is 8.04. The fourth-order valence-electron chi connectivity index (χ4n) is 3.27. The molecule has 10 heteroatoms. The maximum atomic E-state index is 14.0. The van der Waals surface area contributed by atoms with Crippen LogP contribution >= 0.6 is 11.8 Å². The van der Waals surface area contributed by atoms with Crippen molar-refractivity contribution < 1.29 is 26.7 Å². The summed E-state index contributed by atoms with van der Waals surface area (Å²) in [4.78, 5) is 13.2. The summed E-state index contributed by atoms with van der Waals surface area (Å²) in [5, 5.41) is 2.72. The molecule has 3 N–H and O–H groups in total. The number of nitrogens with two attached hydrogens (primary N) is 1. The number of fused-ring (bicyclic) bond motifs is 1. The van der Waals surface area contributed by atoms with E-state index in [9.17, 15) is 22.0 Å². The van der Waals surface area contributed by atoms with Gasteiger partial charge in [-0.1, -0.05) is 23.9 Å². The molecule has 1 amide bonds. The smallest absolute Gasteiger partial charge is 0.262 e. The Labute approximate surface area is 193 Å². The van der Waals surface area contributed by atoms with Crippen LogP contribution in [0, 0.1) is 11.6 Å². The number of hydrogen-bond acceptors (Lipinski definition) is 6. The highest BCUT2D eigenvalue weighted by Crippen LogP contribution is 2.40. The van der Waals surface area contributed by atoms with Crippen LogP contribution < -0.4 is 15.8 Å². The molecule has 0 aliphatic carbocycles. The predicted octanol–water partition coefficient (Wildman–Crippen LogP) is 4.61. The van der Waals surface area contributed by atoms with Crippen LogP contribution in [-0.2, 0) is 20.4 Å². The van der Waals surface area contributed by atoms with Gasteiger partial charge in [-0.15, -0.1) is 0 Å². The van der Waals surface area contributed by atoms with Gasteiger partial charge in [-0.2, -0.15) is 0 Å². The van der Waals surface area contributed by atoms with Gasteiger partial charge < -0.3 is 15.8 Å². The number of hydrogen-bond donors (Lipinski definition) is 2. The van der Waals surface area contributed by atoms with Gasteiger partial charge in [-0.3, -0.25) is 4.79 Å². The van der Waals surface area contributed by atoms with Gasteiger partial charge in [0.25, 0.3) is 5.91 Å². The number of amides is 1. The Morgan fingerprint density at radius 2 is 1.82 bits per heavy atom. The minimum Gasteiger partial charge on any atom is -0.495 e. The van der Waals surface area contributed by atoms with Crippen molar-refractivity contribution in [2.24, 2.45) is 0 Å². The molecule has 3 aromatic carbocycles. The van der Waals surface area contributed by atoms with Crippen molar-refractivity contribution in [2.45, 2.75) is 15.5 Å². The number of thioether (sulfide) groups is 1. The lowest BCUT2D eigenvalue weighted by atomic mass is 10.1. The van der Waals surface area contributed by atoms with Gasteiger partial charge in [-0.05, 0) is 54.1 Å². The van der Waals surface area contributed by atoms with Crippen LogP contribution in [0.1, 0.15) is 11.1 Å². The Morgan fingerprint density at radius 3 is 2.48 bits per heavy atom. The van der Waals surface area contributed by atoms with Gasteiger partial charge in [0.05, 0.1) is 34.0 Å². The number of carbonyl (C=O) groups is 1. The van der Waals surface area contributed by atoms with Crippen molar-refractivity contribution >= 4 is 45.0 Å². The quantitative estimate of drug-likeness (QED) is 0.402. The molecule has 1 aliphatic heterocycles. The van der Waals surface area contributed by atoms with Crippen molar-refractivity contribution in [3.05, 3.63) is 82.3 Å². The molecular weight excluding hydrogens is 470 g/mol. The molecule has 4 rings (SSSR count). The molecule has 0 saturated heterocycles. The van der Waals surface area contributed by atoms with Crippen LogP contribution in [0.2, 0.25) is 0 Å². The molecule has 0 bridgehead atoms. The van der Waals surface area contributed by atoms with Gasteiger partial charge in [0.15, 0.2) is 9.84 Å². The van der Waals surface area contributed by atoms with Crippen LogP contribution in [0.4, 0.5) is 20.2 Å².